The zero-order chi connectivity index (χ0) is 8.53. The van der Waals surface area contributed by atoms with Crippen molar-refractivity contribution in [2.45, 2.75) is 19.8 Å². The third-order valence-corrected chi connectivity index (χ3v) is 0.963. The Balaban J connectivity index is 3.42. The van der Waals surface area contributed by atoms with Gasteiger partial charge in [-0.05, 0) is 13.3 Å². The van der Waals surface area contributed by atoms with Gasteiger partial charge in [0.05, 0.1) is 12.7 Å². The van der Waals surface area contributed by atoms with E-state index >= 15 is 0 Å². The smallest absolute Gasteiger partial charge is 0.330 e. The van der Waals surface area contributed by atoms with Gasteiger partial charge in [0.2, 0.25) is 0 Å². The molecule has 0 spiro atoms. The minimum absolute atomic E-state index is 0.342. The number of unbranched alkanes of at least 4 members (excludes halogenated alkanes) is 1. The van der Waals surface area contributed by atoms with Gasteiger partial charge < -0.3 is 4.74 Å². The molecule has 0 unspecified atom stereocenters. The maximum Gasteiger partial charge on any atom is 0.330 e. The molecule has 0 rings (SSSR count). The molecule has 0 saturated heterocycles. The molecule has 0 fully saturated rings. The average Bonchev–Trinajstić information content (AvgIpc) is 1.99. The van der Waals surface area contributed by atoms with Crippen LogP contribution in [0.1, 0.15) is 19.8 Å². The monoisotopic (exact) mass is 153 g/mol. The lowest BCUT2D eigenvalue weighted by atomic mass is 10.3. The molecule has 0 aliphatic rings. The Morgan fingerprint density at radius 1 is 1.73 bits per heavy atom. The molecule has 0 N–H and O–H groups in total. The van der Waals surface area contributed by atoms with Crippen LogP contribution in [0.4, 0.5) is 0 Å². The average molecular weight is 153 g/mol. The van der Waals surface area contributed by atoms with Crippen molar-refractivity contribution in [1.82, 2.24) is 0 Å². The number of nitriles is 1. The van der Waals surface area contributed by atoms with Crippen molar-refractivity contribution in [2.24, 2.45) is 0 Å². The van der Waals surface area contributed by atoms with Gasteiger partial charge in [-0.2, -0.15) is 5.26 Å². The fourth-order valence-electron chi connectivity index (χ4n) is 0.518. The molecule has 0 saturated carbocycles. The minimum atomic E-state index is -0.342. The van der Waals surface area contributed by atoms with Crippen molar-refractivity contribution in [3.8, 4) is 6.07 Å². The summed E-state index contributed by atoms with van der Waals surface area (Å²) in [6, 6.07) is 1.97. The Bertz CT molecular complexity index is 179. The maximum absolute atomic E-state index is 10.6. The van der Waals surface area contributed by atoms with Crippen molar-refractivity contribution in [1.29, 1.82) is 5.26 Å². The first kappa shape index (κ1) is 9.70. The zero-order valence-corrected chi connectivity index (χ0v) is 6.54. The van der Waals surface area contributed by atoms with Gasteiger partial charge in [-0.25, -0.2) is 4.79 Å². The van der Waals surface area contributed by atoms with Crippen LogP contribution in [0.15, 0.2) is 12.2 Å². The van der Waals surface area contributed by atoms with Gasteiger partial charge in [0.25, 0.3) is 0 Å². The molecule has 0 aliphatic heterocycles. The molecule has 3 nitrogen and oxygen atoms in total. The van der Waals surface area contributed by atoms with E-state index in [2.05, 4.69) is 4.74 Å². The molecule has 0 atom stereocenters. The van der Waals surface area contributed by atoms with Crippen LogP contribution in [0.2, 0.25) is 0 Å². The number of esters is 1. The van der Waals surface area contributed by atoms with Crippen molar-refractivity contribution in [3.63, 3.8) is 0 Å². The summed E-state index contributed by atoms with van der Waals surface area (Å²) in [5.41, 5.74) is 0. The summed E-state index contributed by atoms with van der Waals surface area (Å²) in [4.78, 5) is 10.6. The highest BCUT2D eigenvalue weighted by Gasteiger charge is 1.90. The van der Waals surface area contributed by atoms with Crippen molar-refractivity contribution in [2.75, 3.05) is 6.61 Å². The molecule has 0 amide bonds. The molecule has 11 heavy (non-hydrogen) atoms. The van der Waals surface area contributed by atoms with Gasteiger partial charge in [-0.15, -0.1) is 0 Å². The third-order valence-electron chi connectivity index (χ3n) is 0.963. The lowest BCUT2D eigenvalue weighted by Gasteiger charge is -1.92. The second-order valence-corrected chi connectivity index (χ2v) is 1.85. The fraction of sp³-hybridized carbons (Fsp3) is 0.500. The second kappa shape index (κ2) is 6.81. The van der Waals surface area contributed by atoms with Crippen LogP contribution >= 0.6 is 0 Å². The Labute approximate surface area is 66.3 Å². The summed E-state index contributed by atoms with van der Waals surface area (Å²) in [6.07, 6.45) is 4.03. The Morgan fingerprint density at radius 3 is 3.00 bits per heavy atom. The van der Waals surface area contributed by atoms with Crippen LogP contribution in [0.5, 0.6) is 0 Å². The lowest BCUT2D eigenvalue weighted by molar-refractivity contribution is -0.137. The van der Waals surface area contributed by atoms with Gasteiger partial charge in [-0.3, -0.25) is 0 Å². The number of carbonyl (C=O) groups is 1. The minimum Gasteiger partial charge on any atom is -0.463 e. The van der Waals surface area contributed by atoms with Crippen LogP contribution in [0.3, 0.4) is 0 Å². The normalized spacial score (nSPS) is 9.45. The van der Waals surface area contributed by atoms with Crippen LogP contribution in [0.25, 0.3) is 0 Å². The number of hydrogen-bond acceptors (Lipinski definition) is 3. The summed E-state index contributed by atoms with van der Waals surface area (Å²) in [6.45, 7) is 2.14. The van der Waals surface area contributed by atoms with Gasteiger partial charge in [0.1, 0.15) is 0 Å². The van der Waals surface area contributed by atoms with Crippen LogP contribution < -0.4 is 0 Å². The molecule has 0 bridgehead atoms. The predicted octanol–water partition coefficient (Wildman–Crippen LogP) is 1.41. The zero-order valence-electron chi connectivity index (χ0n) is 6.54. The van der Waals surface area contributed by atoms with Crippen LogP contribution in [-0.4, -0.2) is 12.6 Å². The van der Waals surface area contributed by atoms with Crippen LogP contribution in [-0.2, 0) is 9.53 Å². The molecule has 60 valence electrons. The quantitative estimate of drug-likeness (QED) is 0.348. The Kier molecular flexibility index (Phi) is 6.01. The highest BCUT2D eigenvalue weighted by molar-refractivity contribution is 5.81. The number of rotatable bonds is 4. The van der Waals surface area contributed by atoms with E-state index in [-0.39, 0.29) is 5.97 Å². The fourth-order valence-corrected chi connectivity index (χ4v) is 0.518. The third kappa shape index (κ3) is 6.59. The molecule has 0 aromatic rings. The summed E-state index contributed by atoms with van der Waals surface area (Å²) in [5.74, 6) is -0.342. The number of carbonyl (C=O) groups excluding carboxylic acids is 1. The van der Waals surface area contributed by atoms with Gasteiger partial charge in [0, 0.05) is 12.5 Å². The maximum atomic E-state index is 10.6. The van der Waals surface area contributed by atoms with E-state index in [9.17, 15) is 4.79 Å². The number of hydrogen-bond donors (Lipinski definition) is 0. The number of ether oxygens (including phenoxy) is 1. The molecule has 0 aromatic heterocycles. The first-order chi connectivity index (χ1) is 5.31. The SMILES string of the molecule is CCOC(=O)C=CCCC#N. The van der Waals surface area contributed by atoms with E-state index in [0.717, 1.165) is 0 Å². The Morgan fingerprint density at radius 2 is 2.45 bits per heavy atom. The summed E-state index contributed by atoms with van der Waals surface area (Å²) in [5, 5.41) is 8.13. The van der Waals surface area contributed by atoms with E-state index in [1.807, 2.05) is 6.07 Å². The highest BCUT2D eigenvalue weighted by Crippen LogP contribution is 1.89. The van der Waals surface area contributed by atoms with E-state index in [4.69, 9.17) is 5.26 Å². The second-order valence-electron chi connectivity index (χ2n) is 1.85. The van der Waals surface area contributed by atoms with Gasteiger partial charge >= 0.3 is 5.97 Å². The predicted molar refractivity (Wildman–Crippen MR) is 40.6 cm³/mol. The van der Waals surface area contributed by atoms with E-state index in [1.165, 1.54) is 6.08 Å². The molecule has 0 aromatic carbocycles. The van der Waals surface area contributed by atoms with Gasteiger partial charge in [-0.1, -0.05) is 6.08 Å². The molecule has 0 aliphatic carbocycles. The summed E-state index contributed by atoms with van der Waals surface area (Å²) >= 11 is 0. The largest absolute Gasteiger partial charge is 0.463 e. The molecule has 0 heterocycles. The number of allylic oxidation sites excluding steroid dienone is 1. The molecular formula is C8H11NO2. The standard InChI is InChI=1S/C8H11NO2/c1-2-11-8(10)6-4-3-5-7-9/h4,6H,2-3,5H2,1H3. The molecule has 0 radical (unpaired) electrons. The van der Waals surface area contributed by atoms with E-state index in [1.54, 1.807) is 13.0 Å². The molecular weight excluding hydrogens is 142 g/mol. The summed E-state index contributed by atoms with van der Waals surface area (Å²) < 4.78 is 4.61. The highest BCUT2D eigenvalue weighted by atomic mass is 16.5. The number of nitrogens with zero attached hydrogens (tertiary/aromatic N) is 1. The molecule has 3 heteroatoms. The van der Waals surface area contributed by atoms with Crippen LogP contribution in [0, 0.1) is 11.3 Å². The van der Waals surface area contributed by atoms with E-state index in [0.29, 0.717) is 19.4 Å². The summed E-state index contributed by atoms with van der Waals surface area (Å²) in [7, 11) is 0. The van der Waals surface area contributed by atoms with Gasteiger partial charge in [0.15, 0.2) is 0 Å². The first-order valence-electron chi connectivity index (χ1n) is 3.51. The lowest BCUT2D eigenvalue weighted by Crippen LogP contribution is -1.98. The topological polar surface area (TPSA) is 50.1 Å². The van der Waals surface area contributed by atoms with E-state index < -0.39 is 0 Å². The Hall–Kier alpha value is -1.30. The van der Waals surface area contributed by atoms with Crippen molar-refractivity contribution in [3.05, 3.63) is 12.2 Å². The van der Waals surface area contributed by atoms with Crippen molar-refractivity contribution >= 4 is 5.97 Å². The van der Waals surface area contributed by atoms with Crippen molar-refractivity contribution < 1.29 is 9.53 Å². The first-order valence-corrected chi connectivity index (χ1v) is 3.51.